The fourth-order valence-corrected chi connectivity index (χ4v) is 4.28. The molecule has 9 heteroatoms. The van der Waals surface area contributed by atoms with Crippen LogP contribution in [0.5, 0.6) is 5.75 Å². The molecule has 31 heavy (non-hydrogen) atoms. The lowest BCUT2D eigenvalue weighted by Gasteiger charge is -2.31. The average Bonchev–Trinajstić information content (AvgIpc) is 2.73. The van der Waals surface area contributed by atoms with E-state index in [1.807, 2.05) is 0 Å². The topological polar surface area (TPSA) is 79.5 Å². The third kappa shape index (κ3) is 8.05. The lowest BCUT2D eigenvalue weighted by atomic mass is 9.83. The summed E-state index contributed by atoms with van der Waals surface area (Å²) in [6.45, 7) is 1.03. The number of nitrogens with one attached hydrogen (secondary N) is 3. The Morgan fingerprint density at radius 3 is 2.55 bits per heavy atom. The second-order valence-electron chi connectivity index (χ2n) is 8.40. The normalized spacial score (nSPS) is 24.3. The molecule has 1 aromatic rings. The van der Waals surface area contributed by atoms with E-state index in [2.05, 4.69) is 20.7 Å². The van der Waals surface area contributed by atoms with Gasteiger partial charge in [0.25, 0.3) is 0 Å². The van der Waals surface area contributed by atoms with Crippen molar-refractivity contribution in [3.05, 3.63) is 29.8 Å². The van der Waals surface area contributed by atoms with E-state index in [1.54, 1.807) is 6.07 Å². The van der Waals surface area contributed by atoms with Crippen molar-refractivity contribution in [2.75, 3.05) is 6.54 Å². The van der Waals surface area contributed by atoms with E-state index in [0.29, 0.717) is 12.0 Å². The number of carbonyl (C=O) groups excluding carboxylic acids is 2. The van der Waals surface area contributed by atoms with Crippen LogP contribution in [-0.2, 0) is 16.1 Å². The van der Waals surface area contributed by atoms with Crippen LogP contribution in [0.25, 0.3) is 0 Å². The van der Waals surface area contributed by atoms with Gasteiger partial charge in [0.2, 0.25) is 11.8 Å². The Bertz CT molecular complexity index is 743. The second-order valence-corrected chi connectivity index (χ2v) is 8.40. The quantitative estimate of drug-likeness (QED) is 0.606. The van der Waals surface area contributed by atoms with Crippen molar-refractivity contribution in [1.82, 2.24) is 16.0 Å². The molecule has 1 aromatic carbocycles. The van der Waals surface area contributed by atoms with Crippen LogP contribution in [0, 0.1) is 5.92 Å². The number of rotatable bonds is 7. The molecule has 1 heterocycles. The Morgan fingerprint density at radius 1 is 1.10 bits per heavy atom. The Balaban J connectivity index is 1.35. The number of hydrogen-bond acceptors (Lipinski definition) is 4. The van der Waals surface area contributed by atoms with Crippen molar-refractivity contribution >= 4 is 11.8 Å². The Labute approximate surface area is 180 Å². The fourth-order valence-electron chi connectivity index (χ4n) is 4.28. The van der Waals surface area contributed by atoms with Gasteiger partial charge in [-0.2, -0.15) is 0 Å². The lowest BCUT2D eigenvalue weighted by Crippen LogP contribution is -2.50. The molecule has 3 N–H and O–H groups in total. The highest BCUT2D eigenvalue weighted by atomic mass is 19.4. The van der Waals surface area contributed by atoms with Gasteiger partial charge in [0, 0.05) is 19.0 Å². The molecule has 1 aliphatic heterocycles. The van der Waals surface area contributed by atoms with Crippen LogP contribution in [0.4, 0.5) is 13.2 Å². The van der Waals surface area contributed by atoms with Gasteiger partial charge in [-0.05, 0) is 68.7 Å². The van der Waals surface area contributed by atoms with Crippen molar-refractivity contribution in [3.63, 3.8) is 0 Å². The molecule has 6 nitrogen and oxygen atoms in total. The molecule has 2 amide bonds. The minimum absolute atomic E-state index is 0.0811. The Kier molecular flexibility index (Phi) is 8.17. The van der Waals surface area contributed by atoms with Gasteiger partial charge in [0.15, 0.2) is 0 Å². The van der Waals surface area contributed by atoms with E-state index in [4.69, 9.17) is 0 Å². The van der Waals surface area contributed by atoms with E-state index in [1.165, 1.54) is 18.2 Å². The van der Waals surface area contributed by atoms with Crippen LogP contribution in [0.3, 0.4) is 0 Å². The third-order valence-electron chi connectivity index (χ3n) is 5.92. The predicted octanol–water partition coefficient (Wildman–Crippen LogP) is 3.41. The zero-order valence-corrected chi connectivity index (χ0v) is 17.5. The third-order valence-corrected chi connectivity index (χ3v) is 5.92. The first-order valence-electron chi connectivity index (χ1n) is 10.9. The van der Waals surface area contributed by atoms with Crippen molar-refractivity contribution in [2.24, 2.45) is 5.92 Å². The molecule has 1 saturated carbocycles. The first kappa shape index (κ1) is 23.4. The van der Waals surface area contributed by atoms with Crippen molar-refractivity contribution in [2.45, 2.75) is 76.4 Å². The lowest BCUT2D eigenvalue weighted by molar-refractivity contribution is -0.274. The van der Waals surface area contributed by atoms with Gasteiger partial charge >= 0.3 is 6.36 Å². The molecule has 3 rings (SSSR count). The first-order valence-corrected chi connectivity index (χ1v) is 10.9. The molecule has 0 bridgehead atoms. The molecule has 0 radical (unpaired) electrons. The summed E-state index contributed by atoms with van der Waals surface area (Å²) in [5, 5.41) is 9.16. The van der Waals surface area contributed by atoms with Crippen molar-refractivity contribution in [1.29, 1.82) is 0 Å². The summed E-state index contributed by atoms with van der Waals surface area (Å²) < 4.78 is 40.9. The average molecular weight is 441 g/mol. The van der Waals surface area contributed by atoms with E-state index < -0.39 is 6.36 Å². The number of alkyl halides is 3. The van der Waals surface area contributed by atoms with Gasteiger partial charge in [-0.1, -0.05) is 18.6 Å². The van der Waals surface area contributed by atoms with Gasteiger partial charge in [0.1, 0.15) is 5.75 Å². The van der Waals surface area contributed by atoms with Gasteiger partial charge < -0.3 is 20.7 Å². The number of halogens is 3. The predicted molar refractivity (Wildman–Crippen MR) is 109 cm³/mol. The van der Waals surface area contributed by atoms with Crippen LogP contribution in [0.1, 0.15) is 56.9 Å². The van der Waals surface area contributed by atoms with Crippen LogP contribution >= 0.6 is 0 Å². The van der Waals surface area contributed by atoms with Crippen molar-refractivity contribution < 1.29 is 27.5 Å². The molecular weight excluding hydrogens is 411 g/mol. The van der Waals surface area contributed by atoms with Crippen LogP contribution in [0.15, 0.2) is 24.3 Å². The van der Waals surface area contributed by atoms with Crippen LogP contribution < -0.4 is 20.7 Å². The Morgan fingerprint density at radius 2 is 1.87 bits per heavy atom. The number of carbonyl (C=O) groups is 2. The molecule has 1 saturated heterocycles. The fraction of sp³-hybridized carbons (Fsp3) is 0.636. The van der Waals surface area contributed by atoms with E-state index in [0.717, 1.165) is 51.5 Å². The summed E-state index contributed by atoms with van der Waals surface area (Å²) in [5.74, 6) is -0.0949. The van der Waals surface area contributed by atoms with E-state index in [-0.39, 0.29) is 42.1 Å². The monoisotopic (exact) mass is 441 g/mol. The molecule has 0 spiro atoms. The minimum Gasteiger partial charge on any atom is -0.406 e. The van der Waals surface area contributed by atoms with Gasteiger partial charge in [-0.25, -0.2) is 0 Å². The molecule has 2 aliphatic rings. The summed E-state index contributed by atoms with van der Waals surface area (Å²) in [6.07, 6.45) is 2.15. The van der Waals surface area contributed by atoms with Gasteiger partial charge in [-0.15, -0.1) is 13.2 Å². The number of amides is 2. The second kappa shape index (κ2) is 10.8. The molecular formula is C22H30F3N3O3. The number of ether oxygens (including phenoxy) is 1. The number of piperidine rings is 1. The molecule has 172 valence electrons. The van der Waals surface area contributed by atoms with Gasteiger partial charge in [0.05, 0.1) is 6.04 Å². The summed E-state index contributed by atoms with van der Waals surface area (Å²) in [5.41, 5.74) is 0.540. The van der Waals surface area contributed by atoms with Crippen molar-refractivity contribution in [3.8, 4) is 5.75 Å². The van der Waals surface area contributed by atoms with Crippen LogP contribution in [0.2, 0.25) is 0 Å². The SMILES string of the molecule is O=C(CC1CCC(NC(=O)[C@H]2CCCCN2)CC1)NCc1cccc(OC(F)(F)F)c1. The smallest absolute Gasteiger partial charge is 0.406 e. The molecule has 1 atom stereocenters. The highest BCUT2D eigenvalue weighted by molar-refractivity contribution is 5.82. The van der Waals surface area contributed by atoms with Gasteiger partial charge in [-0.3, -0.25) is 9.59 Å². The summed E-state index contributed by atoms with van der Waals surface area (Å²) >= 11 is 0. The maximum atomic E-state index is 12.3. The van der Waals surface area contributed by atoms with E-state index >= 15 is 0 Å². The molecule has 0 aromatic heterocycles. The van der Waals surface area contributed by atoms with Crippen LogP contribution in [-0.4, -0.2) is 36.8 Å². The summed E-state index contributed by atoms with van der Waals surface area (Å²) in [7, 11) is 0. The minimum atomic E-state index is -4.74. The molecule has 1 aliphatic carbocycles. The molecule has 0 unspecified atom stereocenters. The van der Waals surface area contributed by atoms with E-state index in [9.17, 15) is 22.8 Å². The summed E-state index contributed by atoms with van der Waals surface area (Å²) in [6, 6.07) is 5.66. The zero-order chi connectivity index (χ0) is 22.3. The number of hydrogen-bond donors (Lipinski definition) is 3. The maximum absolute atomic E-state index is 12.3. The summed E-state index contributed by atoms with van der Waals surface area (Å²) in [4.78, 5) is 24.6. The first-order chi connectivity index (χ1) is 14.8. The zero-order valence-electron chi connectivity index (χ0n) is 17.5. The Hall–Kier alpha value is -2.29. The number of benzene rings is 1. The highest BCUT2D eigenvalue weighted by Crippen LogP contribution is 2.27. The maximum Gasteiger partial charge on any atom is 0.573 e. The highest BCUT2D eigenvalue weighted by Gasteiger charge is 2.31. The standard InChI is InChI=1S/C22H30F3N3O3/c23-22(24,25)31-18-5-3-4-16(12-18)14-27-20(29)13-15-7-9-17(10-8-15)28-21(30)19-6-1-2-11-26-19/h3-5,12,15,17,19,26H,1-2,6-11,13-14H2,(H,27,29)(H,28,30)/t15?,17?,19-/m1/s1. The largest absolute Gasteiger partial charge is 0.573 e. The molecule has 2 fully saturated rings.